The molecular weight excluding hydrogens is 410 g/mol. The van der Waals surface area contributed by atoms with Gasteiger partial charge in [-0.2, -0.15) is 0 Å². The molecule has 0 unspecified atom stereocenters. The average molecular weight is 440 g/mol. The summed E-state index contributed by atoms with van der Waals surface area (Å²) in [5.74, 6) is 1.22. The molecule has 31 heavy (non-hydrogen) atoms. The number of hydrogen-bond donors (Lipinski definition) is 1. The topological polar surface area (TPSA) is 63.7 Å². The molecule has 7 heteroatoms. The lowest BCUT2D eigenvalue weighted by Gasteiger charge is -2.12. The van der Waals surface area contributed by atoms with E-state index in [1.54, 1.807) is 14.2 Å². The van der Waals surface area contributed by atoms with Crippen LogP contribution in [0.2, 0.25) is 0 Å². The van der Waals surface area contributed by atoms with Crippen LogP contribution in [0.15, 0.2) is 42.5 Å². The second kappa shape index (κ2) is 10.3. The number of rotatable bonds is 9. The number of aryl methyl sites for hydroxylation is 2. The summed E-state index contributed by atoms with van der Waals surface area (Å²) in [5.41, 5.74) is 4.07. The molecule has 164 valence electrons. The van der Waals surface area contributed by atoms with Crippen molar-refractivity contribution in [2.75, 3.05) is 39.8 Å². The quantitative estimate of drug-likeness (QED) is 0.495. The number of hydrogen-bond acceptors (Lipinski definition) is 6. The van der Waals surface area contributed by atoms with Crippen molar-refractivity contribution in [3.63, 3.8) is 0 Å². The molecule has 6 nitrogen and oxygen atoms in total. The van der Waals surface area contributed by atoms with Gasteiger partial charge in [0.1, 0.15) is 9.88 Å². The number of carbonyl (C=O) groups excluding carboxylic acids is 1. The Morgan fingerprint density at radius 1 is 1.06 bits per heavy atom. The van der Waals surface area contributed by atoms with Gasteiger partial charge in [0.05, 0.1) is 19.9 Å². The van der Waals surface area contributed by atoms with Crippen molar-refractivity contribution < 1.29 is 14.3 Å². The summed E-state index contributed by atoms with van der Waals surface area (Å²) in [6.07, 6.45) is 1.81. The second-order valence-corrected chi connectivity index (χ2v) is 8.42. The Labute approximate surface area is 187 Å². The lowest BCUT2D eigenvalue weighted by Crippen LogP contribution is -2.24. The summed E-state index contributed by atoms with van der Waals surface area (Å²) < 4.78 is 10.7. The third-order valence-electron chi connectivity index (χ3n) is 5.01. The number of nitrogens with zero attached hydrogens (tertiary/aromatic N) is 2. The highest BCUT2D eigenvalue weighted by Crippen LogP contribution is 2.35. The van der Waals surface area contributed by atoms with Gasteiger partial charge in [0.2, 0.25) is 0 Å². The lowest BCUT2D eigenvalue weighted by molar-refractivity contribution is 0.0956. The molecule has 2 aromatic carbocycles. The van der Waals surface area contributed by atoms with Gasteiger partial charge in [0.25, 0.3) is 5.91 Å². The molecule has 0 atom stereocenters. The molecule has 0 aliphatic heterocycles. The maximum Gasteiger partial charge on any atom is 0.263 e. The Morgan fingerprint density at radius 2 is 1.77 bits per heavy atom. The zero-order valence-corrected chi connectivity index (χ0v) is 19.5. The van der Waals surface area contributed by atoms with Crippen molar-refractivity contribution in [2.24, 2.45) is 0 Å². The van der Waals surface area contributed by atoms with Crippen LogP contribution in [0.5, 0.6) is 11.5 Å². The Balaban J connectivity index is 1.58. The molecule has 1 amide bonds. The number of benzene rings is 2. The number of thiazole rings is 1. The summed E-state index contributed by atoms with van der Waals surface area (Å²) in [4.78, 5) is 20.0. The van der Waals surface area contributed by atoms with Crippen molar-refractivity contribution in [1.82, 2.24) is 10.3 Å². The van der Waals surface area contributed by atoms with Gasteiger partial charge in [-0.1, -0.05) is 12.1 Å². The largest absolute Gasteiger partial charge is 0.493 e. The average Bonchev–Trinajstić information content (AvgIpc) is 3.18. The predicted octanol–water partition coefficient (Wildman–Crippen LogP) is 4.56. The monoisotopic (exact) mass is 439 g/mol. The summed E-state index contributed by atoms with van der Waals surface area (Å²) in [5, 5.41) is 3.81. The summed E-state index contributed by atoms with van der Waals surface area (Å²) in [6, 6.07) is 14.1. The van der Waals surface area contributed by atoms with Crippen LogP contribution in [0.3, 0.4) is 0 Å². The van der Waals surface area contributed by atoms with E-state index in [1.165, 1.54) is 22.6 Å². The van der Waals surface area contributed by atoms with E-state index in [9.17, 15) is 4.79 Å². The Hall–Kier alpha value is -3.06. The minimum atomic E-state index is -0.0790. The second-order valence-electron chi connectivity index (χ2n) is 7.42. The number of amides is 1. The molecule has 0 aliphatic rings. The third kappa shape index (κ3) is 5.55. The zero-order chi connectivity index (χ0) is 22.4. The number of carbonyl (C=O) groups is 1. The third-order valence-corrected chi connectivity index (χ3v) is 6.22. The Morgan fingerprint density at radius 3 is 2.42 bits per heavy atom. The maximum absolute atomic E-state index is 12.7. The highest BCUT2D eigenvalue weighted by molar-refractivity contribution is 7.17. The van der Waals surface area contributed by atoms with Crippen molar-refractivity contribution in [2.45, 2.75) is 19.8 Å². The fourth-order valence-corrected chi connectivity index (χ4v) is 4.21. The van der Waals surface area contributed by atoms with E-state index in [0.717, 1.165) is 29.1 Å². The first-order valence-electron chi connectivity index (χ1n) is 10.2. The van der Waals surface area contributed by atoms with Gasteiger partial charge in [-0.3, -0.25) is 4.79 Å². The van der Waals surface area contributed by atoms with Gasteiger partial charge in [0, 0.05) is 31.9 Å². The molecule has 0 fully saturated rings. The van der Waals surface area contributed by atoms with Gasteiger partial charge in [-0.25, -0.2) is 4.98 Å². The summed E-state index contributed by atoms with van der Waals surface area (Å²) in [7, 11) is 7.27. The van der Waals surface area contributed by atoms with Crippen LogP contribution in [0.25, 0.3) is 10.6 Å². The summed E-state index contributed by atoms with van der Waals surface area (Å²) in [6.45, 7) is 2.49. The molecule has 0 bridgehead atoms. The van der Waals surface area contributed by atoms with Crippen LogP contribution in [-0.4, -0.2) is 45.8 Å². The van der Waals surface area contributed by atoms with Gasteiger partial charge < -0.3 is 19.7 Å². The molecule has 0 saturated heterocycles. The number of methoxy groups -OCH3 is 2. The lowest BCUT2D eigenvalue weighted by atomic mass is 10.1. The van der Waals surface area contributed by atoms with Crippen molar-refractivity contribution >= 4 is 22.9 Å². The molecule has 1 N–H and O–H groups in total. The van der Waals surface area contributed by atoms with Crippen molar-refractivity contribution in [3.8, 4) is 22.1 Å². The van der Waals surface area contributed by atoms with Crippen LogP contribution < -0.4 is 19.7 Å². The van der Waals surface area contributed by atoms with E-state index in [2.05, 4.69) is 39.5 Å². The molecule has 0 radical (unpaired) electrons. The minimum absolute atomic E-state index is 0.0790. The van der Waals surface area contributed by atoms with Gasteiger partial charge in [-0.05, 0) is 55.7 Å². The van der Waals surface area contributed by atoms with Crippen molar-refractivity contribution in [3.05, 3.63) is 58.6 Å². The van der Waals surface area contributed by atoms with Crippen LogP contribution >= 0.6 is 11.3 Å². The van der Waals surface area contributed by atoms with Gasteiger partial charge in [0.15, 0.2) is 11.5 Å². The first-order valence-corrected chi connectivity index (χ1v) is 11.0. The molecule has 3 aromatic rings. The van der Waals surface area contributed by atoms with Gasteiger partial charge in [-0.15, -0.1) is 11.3 Å². The van der Waals surface area contributed by atoms with Crippen LogP contribution in [0.4, 0.5) is 5.69 Å². The fourth-order valence-electron chi connectivity index (χ4n) is 3.24. The SMILES string of the molecule is COc1ccc(-c2nc(C)c(C(=O)NCCCc3ccc(N(C)C)cc3)s2)cc1OC. The minimum Gasteiger partial charge on any atom is -0.493 e. The molecule has 1 aromatic heterocycles. The Bertz CT molecular complexity index is 1030. The zero-order valence-electron chi connectivity index (χ0n) is 18.7. The molecular formula is C24H29N3O3S. The molecule has 0 aliphatic carbocycles. The Kier molecular flexibility index (Phi) is 7.52. The van der Waals surface area contributed by atoms with E-state index in [-0.39, 0.29) is 5.91 Å². The normalized spacial score (nSPS) is 10.6. The fraction of sp³-hybridized carbons (Fsp3) is 0.333. The molecule has 0 spiro atoms. The van der Waals surface area contributed by atoms with E-state index in [0.29, 0.717) is 22.9 Å². The van der Waals surface area contributed by atoms with Crippen LogP contribution in [0, 0.1) is 6.92 Å². The first kappa shape index (κ1) is 22.6. The molecule has 3 rings (SSSR count). The number of aromatic nitrogens is 1. The van der Waals surface area contributed by atoms with Crippen LogP contribution in [0.1, 0.15) is 27.3 Å². The van der Waals surface area contributed by atoms with E-state index < -0.39 is 0 Å². The smallest absolute Gasteiger partial charge is 0.263 e. The van der Waals surface area contributed by atoms with E-state index >= 15 is 0 Å². The number of ether oxygens (including phenoxy) is 2. The number of nitrogens with one attached hydrogen (secondary N) is 1. The summed E-state index contributed by atoms with van der Waals surface area (Å²) >= 11 is 1.39. The first-order chi connectivity index (χ1) is 14.9. The molecule has 1 heterocycles. The standard InChI is InChI=1S/C24H29N3O3S/c1-16-22(31-24(26-16)18-10-13-20(29-4)21(15-18)30-5)23(28)25-14-6-7-17-8-11-19(12-9-17)27(2)3/h8-13,15H,6-7,14H2,1-5H3,(H,25,28). The predicted molar refractivity (Wildman–Crippen MR) is 127 cm³/mol. The van der Waals surface area contributed by atoms with E-state index in [1.807, 2.05) is 39.2 Å². The maximum atomic E-state index is 12.7. The van der Waals surface area contributed by atoms with Gasteiger partial charge >= 0.3 is 0 Å². The van der Waals surface area contributed by atoms with Crippen molar-refractivity contribution in [1.29, 1.82) is 0 Å². The highest BCUT2D eigenvalue weighted by Gasteiger charge is 2.17. The van der Waals surface area contributed by atoms with E-state index in [4.69, 9.17) is 9.47 Å². The highest BCUT2D eigenvalue weighted by atomic mass is 32.1. The number of anilines is 1. The molecule has 0 saturated carbocycles. The van der Waals surface area contributed by atoms with Crippen LogP contribution in [-0.2, 0) is 6.42 Å².